The molecule has 0 radical (unpaired) electrons. The molecule has 7 rings (SSSR count). The molecule has 4 N–H and O–H groups in total. The lowest BCUT2D eigenvalue weighted by Gasteiger charge is -2.32. The topological polar surface area (TPSA) is 144 Å². The maximum atomic E-state index is 8.89. The average molecular weight is 677 g/mol. The summed E-state index contributed by atoms with van der Waals surface area (Å²) in [7, 11) is -0.435. The van der Waals surface area contributed by atoms with Crippen LogP contribution in [0.25, 0.3) is 11.1 Å². The second-order valence-electron chi connectivity index (χ2n) is 12.7. The monoisotopic (exact) mass is 676 g/mol. The van der Waals surface area contributed by atoms with Crippen molar-refractivity contribution < 1.29 is 9.31 Å². The highest BCUT2D eigenvalue weighted by molar-refractivity contribution is 9.10. The third-order valence-electron chi connectivity index (χ3n) is 9.21. The number of nitrogens with zero attached hydrogens (tertiary/aromatic N) is 4. The van der Waals surface area contributed by atoms with E-state index in [0.717, 1.165) is 51.7 Å². The summed E-state index contributed by atoms with van der Waals surface area (Å²) in [6.45, 7) is 8.00. The predicted octanol–water partition coefficient (Wildman–Crippen LogP) is 6.46. The third kappa shape index (κ3) is 6.95. The van der Waals surface area contributed by atoms with Crippen LogP contribution in [0.15, 0.2) is 65.4 Å². The molecule has 4 aromatic rings. The number of hydrogen-bond donors (Lipinski definition) is 2. The van der Waals surface area contributed by atoms with E-state index in [-0.39, 0.29) is 11.2 Å². The fourth-order valence-electron chi connectivity index (χ4n) is 5.91. The average Bonchev–Trinajstić information content (AvgIpc) is 3.78. The van der Waals surface area contributed by atoms with Gasteiger partial charge in [0.1, 0.15) is 23.5 Å². The molecule has 2 aromatic heterocycles. The van der Waals surface area contributed by atoms with Crippen molar-refractivity contribution >= 4 is 39.9 Å². The van der Waals surface area contributed by atoms with Crippen molar-refractivity contribution in [2.75, 3.05) is 11.5 Å². The van der Waals surface area contributed by atoms with E-state index in [1.807, 2.05) is 52.0 Å². The van der Waals surface area contributed by atoms with Crippen LogP contribution in [0, 0.1) is 22.7 Å². The number of pyridine rings is 2. The molecule has 3 aliphatic rings. The summed E-state index contributed by atoms with van der Waals surface area (Å²) in [5.41, 5.74) is 22.3. The van der Waals surface area contributed by atoms with Gasteiger partial charge in [0.25, 0.3) is 0 Å². The summed E-state index contributed by atoms with van der Waals surface area (Å²) in [6, 6.07) is 19.7. The van der Waals surface area contributed by atoms with Crippen molar-refractivity contribution in [3.63, 3.8) is 0 Å². The van der Waals surface area contributed by atoms with Crippen LogP contribution in [-0.2, 0) is 35.0 Å². The fourth-order valence-corrected chi connectivity index (χ4v) is 6.28. The van der Waals surface area contributed by atoms with E-state index >= 15 is 0 Å². The summed E-state index contributed by atoms with van der Waals surface area (Å²) >= 11 is 3.42. The minimum atomic E-state index is -0.435. The highest BCUT2D eigenvalue weighted by atomic mass is 79.9. The summed E-state index contributed by atoms with van der Waals surface area (Å²) in [4.78, 5) is 7.91. The van der Waals surface area contributed by atoms with E-state index in [2.05, 4.69) is 50.2 Å². The van der Waals surface area contributed by atoms with Crippen LogP contribution in [-0.4, -0.2) is 28.3 Å². The van der Waals surface area contributed by atoms with Crippen LogP contribution in [0.5, 0.6) is 0 Å². The second kappa shape index (κ2) is 13.6. The van der Waals surface area contributed by atoms with Crippen LogP contribution < -0.4 is 16.9 Å². The van der Waals surface area contributed by atoms with E-state index < -0.39 is 7.12 Å². The van der Waals surface area contributed by atoms with E-state index in [9.17, 15) is 0 Å². The quantitative estimate of drug-likeness (QED) is 0.182. The molecule has 1 fully saturated rings. The summed E-state index contributed by atoms with van der Waals surface area (Å²) < 4.78 is 12.8. The molecule has 10 heteroatoms. The highest BCUT2D eigenvalue weighted by Gasteiger charge is 2.51. The number of fused-ring (bicyclic) bond motifs is 2. The van der Waals surface area contributed by atoms with Gasteiger partial charge in [-0.05, 0) is 146 Å². The van der Waals surface area contributed by atoms with Crippen molar-refractivity contribution in [1.82, 2.24) is 9.97 Å². The molecule has 0 atom stereocenters. The summed E-state index contributed by atoms with van der Waals surface area (Å²) in [5.74, 6) is 0. The number of aromatic nitrogens is 2. The molecule has 0 bridgehead atoms. The van der Waals surface area contributed by atoms with Gasteiger partial charge in [-0.2, -0.15) is 10.5 Å². The molecule has 0 saturated carbocycles. The van der Waals surface area contributed by atoms with Crippen molar-refractivity contribution in [1.29, 1.82) is 10.5 Å². The Labute approximate surface area is 280 Å². The van der Waals surface area contributed by atoms with E-state index in [1.54, 1.807) is 24.5 Å². The lowest BCUT2D eigenvalue weighted by Crippen LogP contribution is -2.41. The minimum absolute atomic E-state index is 0.367. The molecule has 234 valence electrons. The molecule has 1 saturated heterocycles. The number of nitriles is 2. The molecule has 0 unspecified atom stereocenters. The Balaban J connectivity index is 0.000000140. The van der Waals surface area contributed by atoms with Crippen LogP contribution in [0.1, 0.15) is 74.2 Å². The second-order valence-corrected chi connectivity index (χ2v) is 13.5. The predicted molar refractivity (Wildman–Crippen MR) is 186 cm³/mol. The molecule has 2 aliphatic carbocycles. The number of nitrogens with two attached hydrogens (primary N) is 2. The van der Waals surface area contributed by atoms with Gasteiger partial charge in [-0.3, -0.25) is 0 Å². The molecule has 46 heavy (non-hydrogen) atoms. The molecule has 8 nitrogen and oxygen atoms in total. The fraction of sp³-hybridized carbons (Fsp3) is 0.333. The molecule has 0 amide bonds. The first-order chi connectivity index (χ1) is 21.9. The van der Waals surface area contributed by atoms with Gasteiger partial charge in [0.05, 0.1) is 11.2 Å². The van der Waals surface area contributed by atoms with Gasteiger partial charge in [0.15, 0.2) is 0 Å². The largest absolute Gasteiger partial charge is 0.494 e. The van der Waals surface area contributed by atoms with Gasteiger partial charge in [0.2, 0.25) is 0 Å². The Bertz CT molecular complexity index is 1830. The Morgan fingerprint density at radius 2 is 1.28 bits per heavy atom. The number of rotatable bonds is 2. The first-order valence-corrected chi connectivity index (χ1v) is 16.3. The van der Waals surface area contributed by atoms with Crippen LogP contribution in [0.4, 0.5) is 11.4 Å². The maximum absolute atomic E-state index is 8.89. The van der Waals surface area contributed by atoms with Gasteiger partial charge in [-0.25, -0.2) is 9.97 Å². The van der Waals surface area contributed by atoms with Crippen molar-refractivity contribution in [2.24, 2.45) is 0 Å². The van der Waals surface area contributed by atoms with Gasteiger partial charge < -0.3 is 20.8 Å². The lowest BCUT2D eigenvalue weighted by atomic mass is 9.79. The first kappa shape index (κ1) is 33.2. The van der Waals surface area contributed by atoms with Gasteiger partial charge in [-0.15, -0.1) is 0 Å². The van der Waals surface area contributed by atoms with Crippen molar-refractivity contribution in [3.05, 3.63) is 99.0 Å². The van der Waals surface area contributed by atoms with E-state index in [4.69, 9.17) is 31.3 Å². The standard InChI is InChI=1S/C15H13N3.C12H15BN2O2.C9H10BrN/c16-9-12-8-11(6-7-18-12)14-5-4-10-2-1-3-13(10)15(14)17;1-11(2)12(3,4)17-13(16-11)9-5-6-15-10(7-9)8-14;10-8-5-4-6-2-1-3-7(6)9(8)11/h4-8H,1-3,17H2;5-7H,1-4H3;4-5H,1-3,11H2. The van der Waals surface area contributed by atoms with Gasteiger partial charge in [-0.1, -0.05) is 18.2 Å². The van der Waals surface area contributed by atoms with Crippen LogP contribution >= 0.6 is 15.9 Å². The Hall–Kier alpha value is -4.22. The first-order valence-electron chi connectivity index (χ1n) is 15.5. The zero-order chi connectivity index (χ0) is 33.1. The van der Waals surface area contributed by atoms with Gasteiger partial charge >= 0.3 is 7.12 Å². The van der Waals surface area contributed by atoms with Gasteiger partial charge in [0, 0.05) is 33.8 Å². The normalized spacial score (nSPS) is 16.5. The molecular formula is C36H38BBrN6O2. The molecule has 2 aromatic carbocycles. The number of anilines is 2. The third-order valence-corrected chi connectivity index (χ3v) is 9.90. The number of nitrogen functional groups attached to an aromatic ring is 2. The lowest BCUT2D eigenvalue weighted by molar-refractivity contribution is 0.00578. The number of halogens is 1. The Morgan fingerprint density at radius 3 is 1.89 bits per heavy atom. The van der Waals surface area contributed by atoms with E-state index in [0.29, 0.717) is 11.4 Å². The Morgan fingerprint density at radius 1 is 0.739 bits per heavy atom. The Kier molecular flexibility index (Phi) is 9.83. The van der Waals surface area contributed by atoms with Crippen molar-refractivity contribution in [2.45, 2.75) is 77.4 Å². The number of aryl methyl sites for hydroxylation is 2. The minimum Gasteiger partial charge on any atom is -0.399 e. The smallest absolute Gasteiger partial charge is 0.399 e. The number of hydrogen-bond acceptors (Lipinski definition) is 8. The highest BCUT2D eigenvalue weighted by Crippen LogP contribution is 2.37. The zero-order valence-corrected chi connectivity index (χ0v) is 28.3. The zero-order valence-electron chi connectivity index (χ0n) is 26.7. The van der Waals surface area contributed by atoms with Crippen molar-refractivity contribution in [3.8, 4) is 23.3 Å². The molecule has 1 aliphatic heterocycles. The summed E-state index contributed by atoms with van der Waals surface area (Å²) in [5, 5.41) is 17.7. The molecule has 3 heterocycles. The molecular weight excluding hydrogens is 639 g/mol. The summed E-state index contributed by atoms with van der Waals surface area (Å²) in [6.07, 6.45) is 10.2. The van der Waals surface area contributed by atoms with Crippen LogP contribution in [0.2, 0.25) is 0 Å². The van der Waals surface area contributed by atoms with Crippen LogP contribution in [0.3, 0.4) is 0 Å². The number of benzene rings is 2. The maximum Gasteiger partial charge on any atom is 0.494 e. The van der Waals surface area contributed by atoms with E-state index in [1.165, 1.54) is 41.5 Å². The molecule has 0 spiro atoms. The SMILES string of the molecule is CC1(C)OB(c2ccnc(C#N)c2)OC1(C)C.N#Cc1cc(-c2ccc3c(c2N)CCC3)ccn1.Nc1c(Br)ccc2c1CCC2.